The summed E-state index contributed by atoms with van der Waals surface area (Å²) in [5, 5.41) is 9.58. The van der Waals surface area contributed by atoms with Gasteiger partial charge in [0.25, 0.3) is 0 Å². The molecule has 0 atom stereocenters. The Morgan fingerprint density at radius 3 is 2.90 bits per heavy atom. The number of aromatic nitrogens is 4. The van der Waals surface area contributed by atoms with Gasteiger partial charge in [-0.1, -0.05) is 6.92 Å². The van der Waals surface area contributed by atoms with Crippen molar-refractivity contribution < 1.29 is 8.42 Å². The van der Waals surface area contributed by atoms with Crippen LogP contribution in [-0.4, -0.2) is 41.3 Å². The third-order valence-electron chi connectivity index (χ3n) is 3.07. The molecule has 116 valence electrons. The maximum atomic E-state index is 12.2. The van der Waals surface area contributed by atoms with Crippen LogP contribution in [0.5, 0.6) is 0 Å². The van der Waals surface area contributed by atoms with E-state index in [0.29, 0.717) is 18.8 Å². The van der Waals surface area contributed by atoms with Crippen LogP contribution in [0.3, 0.4) is 0 Å². The molecule has 0 radical (unpaired) electrons. The minimum atomic E-state index is -3.50. The molecule has 21 heavy (non-hydrogen) atoms. The van der Waals surface area contributed by atoms with Crippen molar-refractivity contribution in [2.24, 2.45) is 7.05 Å². The van der Waals surface area contributed by atoms with Gasteiger partial charge >= 0.3 is 0 Å². The van der Waals surface area contributed by atoms with Crippen molar-refractivity contribution in [3.05, 3.63) is 30.1 Å². The van der Waals surface area contributed by atoms with Crippen molar-refractivity contribution in [1.29, 1.82) is 0 Å². The van der Waals surface area contributed by atoms with E-state index in [-0.39, 0.29) is 11.4 Å². The zero-order valence-corrected chi connectivity index (χ0v) is 12.9. The molecule has 0 aliphatic carbocycles. The van der Waals surface area contributed by atoms with Gasteiger partial charge in [-0.15, -0.1) is 0 Å². The fraction of sp³-hybridized carbons (Fsp3) is 0.500. The van der Waals surface area contributed by atoms with Gasteiger partial charge in [0.2, 0.25) is 10.0 Å². The Morgan fingerprint density at radius 2 is 2.24 bits per heavy atom. The van der Waals surface area contributed by atoms with Crippen LogP contribution in [0.15, 0.2) is 23.5 Å². The number of aryl methyl sites for hydroxylation is 1. The lowest BCUT2D eigenvalue weighted by atomic mass is 10.4. The minimum absolute atomic E-state index is 0.273. The summed E-state index contributed by atoms with van der Waals surface area (Å²) in [6, 6.07) is 1.68. The first-order chi connectivity index (χ1) is 10.0. The van der Waals surface area contributed by atoms with Crippen LogP contribution in [0.4, 0.5) is 0 Å². The lowest BCUT2D eigenvalue weighted by Gasteiger charge is -2.03. The molecule has 2 aromatic heterocycles. The summed E-state index contributed by atoms with van der Waals surface area (Å²) in [5.74, 6) is 0.651. The molecule has 0 aromatic carbocycles. The van der Waals surface area contributed by atoms with Gasteiger partial charge in [-0.05, 0) is 12.6 Å². The standard InChI is InChI=1S/C12H20N6O2S/c1-3-13-7-10-6-11(8-18(10)2)21(19,20)16-5-4-12-14-9-15-17-12/h6,8-9,13,16H,3-5,7H2,1-2H3,(H,14,15,17). The zero-order valence-electron chi connectivity index (χ0n) is 12.1. The number of nitrogens with one attached hydrogen (secondary N) is 3. The summed E-state index contributed by atoms with van der Waals surface area (Å²) in [4.78, 5) is 4.22. The quantitative estimate of drug-likeness (QED) is 0.625. The molecule has 0 aliphatic heterocycles. The van der Waals surface area contributed by atoms with Gasteiger partial charge in [-0.25, -0.2) is 18.1 Å². The second kappa shape index (κ2) is 6.83. The molecule has 0 spiro atoms. The molecule has 2 aromatic rings. The fourth-order valence-corrected chi connectivity index (χ4v) is 3.02. The number of rotatable bonds is 8. The average Bonchev–Trinajstić information content (AvgIpc) is 3.06. The van der Waals surface area contributed by atoms with Crippen LogP contribution in [-0.2, 0) is 30.0 Å². The molecule has 3 N–H and O–H groups in total. The molecule has 2 rings (SSSR count). The van der Waals surface area contributed by atoms with Crippen molar-refractivity contribution in [3.63, 3.8) is 0 Å². The van der Waals surface area contributed by atoms with E-state index < -0.39 is 10.0 Å². The number of H-pyrrole nitrogens is 1. The molecule has 8 nitrogen and oxygen atoms in total. The third kappa shape index (κ3) is 4.13. The maximum absolute atomic E-state index is 12.2. The zero-order chi connectivity index (χ0) is 15.3. The summed E-state index contributed by atoms with van der Waals surface area (Å²) in [6.07, 6.45) is 3.48. The molecular weight excluding hydrogens is 292 g/mol. The Bertz CT molecular complexity index is 662. The molecule has 0 bridgehead atoms. The Kier molecular flexibility index (Phi) is 5.10. The second-order valence-electron chi connectivity index (χ2n) is 4.64. The van der Waals surface area contributed by atoms with Gasteiger partial charge in [0.15, 0.2) is 0 Å². The number of hydrogen-bond donors (Lipinski definition) is 3. The van der Waals surface area contributed by atoms with E-state index in [1.807, 2.05) is 18.5 Å². The Morgan fingerprint density at radius 1 is 1.43 bits per heavy atom. The minimum Gasteiger partial charge on any atom is -0.352 e. The molecule has 0 saturated carbocycles. The maximum Gasteiger partial charge on any atom is 0.242 e. The first-order valence-corrected chi connectivity index (χ1v) is 8.21. The number of hydrogen-bond acceptors (Lipinski definition) is 5. The first kappa shape index (κ1) is 15.7. The van der Waals surface area contributed by atoms with Gasteiger partial charge < -0.3 is 9.88 Å². The van der Waals surface area contributed by atoms with Crippen molar-refractivity contribution in [3.8, 4) is 0 Å². The number of sulfonamides is 1. The first-order valence-electron chi connectivity index (χ1n) is 6.73. The second-order valence-corrected chi connectivity index (χ2v) is 6.41. The van der Waals surface area contributed by atoms with E-state index in [0.717, 1.165) is 12.2 Å². The molecule has 0 unspecified atom stereocenters. The average molecular weight is 312 g/mol. The highest BCUT2D eigenvalue weighted by Crippen LogP contribution is 2.13. The van der Waals surface area contributed by atoms with E-state index in [2.05, 4.69) is 25.2 Å². The van der Waals surface area contributed by atoms with Crippen molar-refractivity contribution >= 4 is 10.0 Å². The van der Waals surface area contributed by atoms with Gasteiger partial charge in [0.05, 0.1) is 4.90 Å². The smallest absolute Gasteiger partial charge is 0.242 e. The van der Waals surface area contributed by atoms with Crippen LogP contribution in [0, 0.1) is 0 Å². The summed E-state index contributed by atoms with van der Waals surface area (Å²) < 4.78 is 28.8. The van der Waals surface area contributed by atoms with Crippen molar-refractivity contribution in [2.75, 3.05) is 13.1 Å². The lowest BCUT2D eigenvalue weighted by molar-refractivity contribution is 0.580. The van der Waals surface area contributed by atoms with Crippen LogP contribution in [0.25, 0.3) is 0 Å². The van der Waals surface area contributed by atoms with Crippen molar-refractivity contribution in [2.45, 2.75) is 24.8 Å². The predicted octanol–water partition coefficient (Wildman–Crippen LogP) is -0.226. The van der Waals surface area contributed by atoms with Crippen LogP contribution in [0.1, 0.15) is 18.4 Å². The highest BCUT2D eigenvalue weighted by molar-refractivity contribution is 7.89. The van der Waals surface area contributed by atoms with E-state index in [1.54, 1.807) is 12.3 Å². The van der Waals surface area contributed by atoms with Gasteiger partial charge in [-0.3, -0.25) is 5.10 Å². The summed E-state index contributed by atoms with van der Waals surface area (Å²) in [6.45, 7) is 3.75. The van der Waals surface area contributed by atoms with E-state index in [9.17, 15) is 8.42 Å². The van der Waals surface area contributed by atoms with Crippen molar-refractivity contribution in [1.82, 2.24) is 29.8 Å². The Balaban J connectivity index is 1.98. The fourth-order valence-electron chi connectivity index (χ4n) is 1.89. The monoisotopic (exact) mass is 312 g/mol. The van der Waals surface area contributed by atoms with E-state index >= 15 is 0 Å². The van der Waals surface area contributed by atoms with Gasteiger partial charge in [0, 0.05) is 38.4 Å². The SMILES string of the molecule is CCNCc1cc(S(=O)(=O)NCCc2ncn[nH]2)cn1C. The van der Waals surface area contributed by atoms with Crippen LogP contribution >= 0.6 is 0 Å². The predicted molar refractivity (Wildman–Crippen MR) is 78.1 cm³/mol. The third-order valence-corrected chi connectivity index (χ3v) is 4.50. The molecular formula is C12H20N6O2S. The molecule has 0 saturated heterocycles. The van der Waals surface area contributed by atoms with Gasteiger partial charge in [-0.2, -0.15) is 5.10 Å². The molecule has 0 amide bonds. The summed E-state index contributed by atoms with van der Waals surface area (Å²) in [7, 11) is -1.67. The molecule has 0 aliphatic rings. The molecule has 9 heteroatoms. The highest BCUT2D eigenvalue weighted by atomic mass is 32.2. The van der Waals surface area contributed by atoms with Gasteiger partial charge in [0.1, 0.15) is 12.2 Å². The van der Waals surface area contributed by atoms with Crippen LogP contribution in [0.2, 0.25) is 0 Å². The molecule has 0 fully saturated rings. The number of nitrogens with zero attached hydrogens (tertiary/aromatic N) is 3. The lowest BCUT2D eigenvalue weighted by Crippen LogP contribution is -2.26. The summed E-state index contributed by atoms with van der Waals surface area (Å²) in [5.41, 5.74) is 0.924. The van der Waals surface area contributed by atoms with E-state index in [1.165, 1.54) is 6.33 Å². The van der Waals surface area contributed by atoms with Crippen LogP contribution < -0.4 is 10.0 Å². The Hall–Kier alpha value is -1.71. The van der Waals surface area contributed by atoms with E-state index in [4.69, 9.17) is 0 Å². The molecule has 2 heterocycles. The topological polar surface area (TPSA) is 105 Å². The number of aromatic amines is 1. The highest BCUT2D eigenvalue weighted by Gasteiger charge is 2.17. The largest absolute Gasteiger partial charge is 0.352 e. The normalized spacial score (nSPS) is 11.9. The summed E-state index contributed by atoms with van der Waals surface area (Å²) >= 11 is 0. The Labute approximate surface area is 124 Å².